The van der Waals surface area contributed by atoms with Gasteiger partial charge in [-0.15, -0.1) is 0 Å². The van der Waals surface area contributed by atoms with Gasteiger partial charge in [-0.2, -0.15) is 0 Å². The summed E-state index contributed by atoms with van der Waals surface area (Å²) in [6, 6.07) is 5.70. The lowest BCUT2D eigenvalue weighted by Crippen LogP contribution is -2.55. The maximum Gasteiger partial charge on any atom is 0.123 e. The van der Waals surface area contributed by atoms with Gasteiger partial charge in [-0.25, -0.2) is 4.39 Å². The Hall–Kier alpha value is -0.930. The lowest BCUT2D eigenvalue weighted by molar-refractivity contribution is 0.0720. The van der Waals surface area contributed by atoms with Crippen LogP contribution in [0.4, 0.5) is 4.39 Å². The predicted octanol–water partition coefficient (Wildman–Crippen LogP) is 2.32. The first-order valence-corrected chi connectivity index (χ1v) is 6.93. The highest BCUT2D eigenvalue weighted by Gasteiger charge is 2.33. The van der Waals surface area contributed by atoms with E-state index >= 15 is 0 Å². The summed E-state index contributed by atoms with van der Waals surface area (Å²) in [6.07, 6.45) is 2.67. The minimum Gasteiger partial charge on any atom is -0.308 e. The highest BCUT2D eigenvalue weighted by atomic mass is 19.1. The molecule has 3 heterocycles. The minimum absolute atomic E-state index is 0.140. The number of nitrogens with one attached hydrogen (secondary N) is 1. The molecule has 2 nitrogen and oxygen atoms in total. The second kappa shape index (κ2) is 4.98. The van der Waals surface area contributed by atoms with Crippen molar-refractivity contribution in [3.05, 3.63) is 35.1 Å². The zero-order valence-corrected chi connectivity index (χ0v) is 11.0. The molecular weight excluding hydrogens is 227 g/mol. The summed E-state index contributed by atoms with van der Waals surface area (Å²) in [4.78, 5) is 2.55. The van der Waals surface area contributed by atoms with Gasteiger partial charge in [0.1, 0.15) is 5.82 Å². The summed E-state index contributed by atoms with van der Waals surface area (Å²) < 4.78 is 13.0. The quantitative estimate of drug-likeness (QED) is 0.883. The Morgan fingerprint density at radius 1 is 1.33 bits per heavy atom. The third kappa shape index (κ3) is 2.43. The molecule has 1 unspecified atom stereocenters. The average molecular weight is 248 g/mol. The van der Waals surface area contributed by atoms with Crippen molar-refractivity contribution in [2.45, 2.75) is 32.4 Å². The third-order valence-corrected chi connectivity index (χ3v) is 4.52. The molecule has 3 fully saturated rings. The van der Waals surface area contributed by atoms with Crippen LogP contribution in [-0.2, 0) is 6.54 Å². The zero-order valence-electron chi connectivity index (χ0n) is 11.0. The summed E-state index contributed by atoms with van der Waals surface area (Å²) in [5.74, 6) is 0.704. The van der Waals surface area contributed by atoms with E-state index < -0.39 is 0 Å². The number of aryl methyl sites for hydroxylation is 1. The monoisotopic (exact) mass is 248 g/mol. The van der Waals surface area contributed by atoms with Gasteiger partial charge in [-0.1, -0.05) is 6.07 Å². The van der Waals surface area contributed by atoms with Gasteiger partial charge in [0, 0.05) is 19.1 Å². The first-order valence-electron chi connectivity index (χ1n) is 6.93. The lowest BCUT2D eigenvalue weighted by atomic mass is 9.84. The van der Waals surface area contributed by atoms with Gasteiger partial charge in [-0.05, 0) is 62.0 Å². The summed E-state index contributed by atoms with van der Waals surface area (Å²) in [7, 11) is 0. The Labute approximate surface area is 108 Å². The Morgan fingerprint density at radius 3 is 2.72 bits per heavy atom. The Kier molecular flexibility index (Phi) is 3.35. The molecule has 1 N–H and O–H groups in total. The molecule has 4 rings (SSSR count). The molecular formula is C15H21FN2. The van der Waals surface area contributed by atoms with Crippen molar-refractivity contribution in [3.8, 4) is 0 Å². The zero-order chi connectivity index (χ0) is 12.5. The molecule has 98 valence electrons. The fourth-order valence-electron chi connectivity index (χ4n) is 3.30. The third-order valence-electron chi connectivity index (χ3n) is 4.52. The van der Waals surface area contributed by atoms with Crippen LogP contribution in [0.1, 0.15) is 24.0 Å². The van der Waals surface area contributed by atoms with Crippen LogP contribution in [0.2, 0.25) is 0 Å². The van der Waals surface area contributed by atoms with Crippen molar-refractivity contribution in [2.24, 2.45) is 5.92 Å². The van der Waals surface area contributed by atoms with Crippen LogP contribution < -0.4 is 5.32 Å². The van der Waals surface area contributed by atoms with Crippen LogP contribution in [0.5, 0.6) is 0 Å². The molecule has 3 heteroatoms. The smallest absolute Gasteiger partial charge is 0.123 e. The molecule has 0 spiro atoms. The fourth-order valence-corrected chi connectivity index (χ4v) is 3.30. The van der Waals surface area contributed by atoms with E-state index in [0.717, 1.165) is 18.0 Å². The van der Waals surface area contributed by atoms with Crippen molar-refractivity contribution in [2.75, 3.05) is 19.6 Å². The molecule has 0 aliphatic carbocycles. The molecule has 1 aromatic carbocycles. The lowest BCUT2D eigenvalue weighted by Gasteiger charge is -2.45. The van der Waals surface area contributed by atoms with Crippen molar-refractivity contribution in [1.82, 2.24) is 10.2 Å². The Balaban J connectivity index is 1.61. The van der Waals surface area contributed by atoms with Gasteiger partial charge < -0.3 is 10.2 Å². The molecule has 3 aliphatic rings. The molecule has 1 atom stereocenters. The summed E-state index contributed by atoms with van der Waals surface area (Å²) in [5, 5.41) is 3.67. The summed E-state index contributed by atoms with van der Waals surface area (Å²) in [6.45, 7) is 6.58. The number of halogens is 1. The van der Waals surface area contributed by atoms with E-state index in [1.54, 1.807) is 12.1 Å². The standard InChI is InChI=1S/C15H21FN2/c1-11-8-14(16)3-2-13(11)9-17-15-10-18-6-4-12(15)5-7-18/h2-3,8,12,15,17H,4-7,9-10H2,1H3. The van der Waals surface area contributed by atoms with E-state index in [1.165, 1.54) is 38.0 Å². The molecule has 3 saturated heterocycles. The first-order chi connectivity index (χ1) is 8.72. The number of hydrogen-bond acceptors (Lipinski definition) is 2. The minimum atomic E-state index is -0.140. The second-order valence-electron chi connectivity index (χ2n) is 5.70. The van der Waals surface area contributed by atoms with E-state index in [2.05, 4.69) is 10.2 Å². The average Bonchev–Trinajstić information content (AvgIpc) is 2.39. The first kappa shape index (κ1) is 12.1. The number of hydrogen-bond donors (Lipinski definition) is 1. The van der Waals surface area contributed by atoms with Crippen LogP contribution in [0.3, 0.4) is 0 Å². The van der Waals surface area contributed by atoms with Crippen molar-refractivity contribution in [1.29, 1.82) is 0 Å². The summed E-state index contributed by atoms with van der Waals surface area (Å²) in [5.41, 5.74) is 2.26. The van der Waals surface area contributed by atoms with E-state index in [9.17, 15) is 4.39 Å². The highest BCUT2D eigenvalue weighted by Crippen LogP contribution is 2.27. The van der Waals surface area contributed by atoms with Crippen molar-refractivity contribution >= 4 is 0 Å². The maximum atomic E-state index is 13.0. The molecule has 0 aromatic heterocycles. The molecule has 0 amide bonds. The topological polar surface area (TPSA) is 15.3 Å². The molecule has 2 bridgehead atoms. The van der Waals surface area contributed by atoms with E-state index in [1.807, 2.05) is 13.0 Å². The van der Waals surface area contributed by atoms with Gasteiger partial charge in [0.05, 0.1) is 0 Å². The van der Waals surface area contributed by atoms with Crippen LogP contribution in [0.15, 0.2) is 18.2 Å². The van der Waals surface area contributed by atoms with Crippen LogP contribution >= 0.6 is 0 Å². The van der Waals surface area contributed by atoms with E-state index in [-0.39, 0.29) is 5.82 Å². The highest BCUT2D eigenvalue weighted by molar-refractivity contribution is 5.26. The molecule has 0 saturated carbocycles. The Bertz CT molecular complexity index is 425. The van der Waals surface area contributed by atoms with Gasteiger partial charge in [0.15, 0.2) is 0 Å². The predicted molar refractivity (Wildman–Crippen MR) is 70.9 cm³/mol. The number of piperidine rings is 3. The Morgan fingerprint density at radius 2 is 2.11 bits per heavy atom. The number of rotatable bonds is 3. The van der Waals surface area contributed by atoms with Gasteiger partial charge in [-0.3, -0.25) is 0 Å². The number of fused-ring (bicyclic) bond motifs is 3. The summed E-state index contributed by atoms with van der Waals surface area (Å²) >= 11 is 0. The molecule has 1 aromatic rings. The molecule has 0 radical (unpaired) electrons. The number of benzene rings is 1. The van der Waals surface area contributed by atoms with Crippen LogP contribution in [0.25, 0.3) is 0 Å². The molecule has 18 heavy (non-hydrogen) atoms. The van der Waals surface area contributed by atoms with Crippen LogP contribution in [-0.4, -0.2) is 30.6 Å². The van der Waals surface area contributed by atoms with E-state index in [0.29, 0.717) is 6.04 Å². The molecule has 3 aliphatic heterocycles. The second-order valence-corrected chi connectivity index (χ2v) is 5.70. The maximum absolute atomic E-state index is 13.0. The van der Waals surface area contributed by atoms with Crippen molar-refractivity contribution < 1.29 is 4.39 Å². The van der Waals surface area contributed by atoms with Gasteiger partial charge >= 0.3 is 0 Å². The largest absolute Gasteiger partial charge is 0.308 e. The number of nitrogens with zero attached hydrogens (tertiary/aromatic N) is 1. The SMILES string of the molecule is Cc1cc(F)ccc1CNC1CN2CCC1CC2. The van der Waals surface area contributed by atoms with Gasteiger partial charge in [0.25, 0.3) is 0 Å². The van der Waals surface area contributed by atoms with E-state index in [4.69, 9.17) is 0 Å². The fraction of sp³-hybridized carbons (Fsp3) is 0.600. The van der Waals surface area contributed by atoms with Crippen LogP contribution in [0, 0.1) is 18.7 Å². The van der Waals surface area contributed by atoms with Crippen molar-refractivity contribution in [3.63, 3.8) is 0 Å². The van der Waals surface area contributed by atoms with Gasteiger partial charge in [0.2, 0.25) is 0 Å². The normalized spacial score (nSPS) is 30.7.